The number of nitrogens with zero attached hydrogens (tertiary/aromatic N) is 3. The first-order valence-electron chi connectivity index (χ1n) is 9.38. The van der Waals surface area contributed by atoms with Crippen LogP contribution in [0.4, 0.5) is 0 Å². The van der Waals surface area contributed by atoms with E-state index in [0.717, 1.165) is 33.9 Å². The van der Waals surface area contributed by atoms with Crippen molar-refractivity contribution in [2.24, 2.45) is 0 Å². The molecule has 0 aliphatic rings. The molecule has 0 saturated heterocycles. The van der Waals surface area contributed by atoms with Crippen LogP contribution in [-0.4, -0.2) is 27.1 Å². The molecule has 4 rings (SSSR count). The van der Waals surface area contributed by atoms with E-state index in [1.165, 1.54) is 4.90 Å². The molecule has 1 aromatic heterocycles. The summed E-state index contributed by atoms with van der Waals surface area (Å²) >= 11 is 3.42. The Morgan fingerprint density at radius 1 is 0.724 bits per heavy atom. The molecule has 4 nitrogen and oxygen atoms in total. The molecule has 0 saturated carbocycles. The lowest BCUT2D eigenvalue weighted by Crippen LogP contribution is -2.04. The number of hydrogen-bond acceptors (Lipinski definition) is 5. The minimum Gasteiger partial charge on any atom is -0.493 e. The third kappa shape index (κ3) is 5.43. The highest BCUT2D eigenvalue weighted by Crippen LogP contribution is 2.27. The first kappa shape index (κ1) is 19.6. The van der Waals surface area contributed by atoms with Crippen LogP contribution in [0.2, 0.25) is 0 Å². The largest absolute Gasteiger partial charge is 0.493 e. The fourth-order valence-electron chi connectivity index (χ4n) is 2.80. The zero-order valence-electron chi connectivity index (χ0n) is 15.8. The van der Waals surface area contributed by atoms with Crippen molar-refractivity contribution in [2.75, 3.05) is 12.4 Å². The van der Waals surface area contributed by atoms with Crippen LogP contribution in [0.25, 0.3) is 5.69 Å². The first-order valence-corrected chi connectivity index (χ1v) is 11.4. The molecule has 0 aliphatic heterocycles. The lowest BCUT2D eigenvalue weighted by atomic mass is 10.3. The number of thioether (sulfide) groups is 2. The molecule has 0 fully saturated rings. The van der Waals surface area contributed by atoms with Crippen LogP contribution in [0, 0.1) is 0 Å². The highest BCUT2D eigenvalue weighted by Gasteiger charge is 2.14. The zero-order valence-corrected chi connectivity index (χ0v) is 17.5. The van der Waals surface area contributed by atoms with Crippen molar-refractivity contribution in [1.29, 1.82) is 0 Å². The Morgan fingerprint density at radius 2 is 1.38 bits per heavy atom. The number of para-hydroxylation sites is 2. The van der Waals surface area contributed by atoms with E-state index in [1.807, 2.05) is 54.6 Å². The molecule has 6 heteroatoms. The van der Waals surface area contributed by atoms with E-state index in [-0.39, 0.29) is 0 Å². The van der Waals surface area contributed by atoms with Gasteiger partial charge in [0.25, 0.3) is 0 Å². The van der Waals surface area contributed by atoms with Crippen LogP contribution >= 0.6 is 23.5 Å². The highest BCUT2D eigenvalue weighted by atomic mass is 32.2. The van der Waals surface area contributed by atoms with Crippen molar-refractivity contribution in [1.82, 2.24) is 14.8 Å². The summed E-state index contributed by atoms with van der Waals surface area (Å²) in [5, 5.41) is 9.82. The molecular formula is C23H21N3OS2. The monoisotopic (exact) mass is 419 g/mol. The molecule has 0 bridgehead atoms. The second-order valence-corrected chi connectivity index (χ2v) is 8.29. The molecule has 0 aliphatic carbocycles. The van der Waals surface area contributed by atoms with E-state index >= 15 is 0 Å². The predicted octanol–water partition coefficient (Wildman–Crippen LogP) is 5.73. The van der Waals surface area contributed by atoms with E-state index in [4.69, 9.17) is 4.74 Å². The van der Waals surface area contributed by atoms with E-state index in [0.29, 0.717) is 6.61 Å². The molecule has 0 spiro atoms. The van der Waals surface area contributed by atoms with Crippen molar-refractivity contribution < 1.29 is 4.74 Å². The smallest absolute Gasteiger partial charge is 0.195 e. The number of ether oxygens (including phenoxy) is 1. The molecule has 0 amide bonds. The van der Waals surface area contributed by atoms with Gasteiger partial charge in [-0.15, -0.1) is 22.0 Å². The normalized spacial score (nSPS) is 10.8. The maximum Gasteiger partial charge on any atom is 0.195 e. The Balaban J connectivity index is 1.45. The van der Waals surface area contributed by atoms with Gasteiger partial charge in [0.15, 0.2) is 5.16 Å². The lowest BCUT2D eigenvalue weighted by molar-refractivity contribution is 0.344. The molecule has 1 heterocycles. The fourth-order valence-corrected chi connectivity index (χ4v) is 4.42. The summed E-state index contributed by atoms with van der Waals surface area (Å²) < 4.78 is 7.95. The number of rotatable bonds is 9. The van der Waals surface area contributed by atoms with Crippen LogP contribution in [0.15, 0.2) is 101 Å². The number of aromatic nitrogens is 3. The molecule has 146 valence electrons. The summed E-state index contributed by atoms with van der Waals surface area (Å²) in [6, 6.07) is 30.5. The maximum absolute atomic E-state index is 5.80. The Labute approximate surface area is 179 Å². The van der Waals surface area contributed by atoms with Gasteiger partial charge in [0, 0.05) is 16.3 Å². The molecule has 0 N–H and O–H groups in total. The van der Waals surface area contributed by atoms with Crippen molar-refractivity contribution in [3.63, 3.8) is 0 Å². The fraction of sp³-hybridized carbons (Fsp3) is 0.130. The Hall–Kier alpha value is -2.70. The third-order valence-corrected chi connectivity index (χ3v) is 6.05. The van der Waals surface area contributed by atoms with Gasteiger partial charge in [-0.2, -0.15) is 0 Å². The number of benzene rings is 3. The lowest BCUT2D eigenvalue weighted by Gasteiger charge is -2.10. The van der Waals surface area contributed by atoms with Crippen molar-refractivity contribution in [3.05, 3.63) is 96.8 Å². The Bertz CT molecular complexity index is 1010. The standard InChI is InChI=1S/C23H21N3OS2/c1-4-10-19(11-5-1)26-22(18-29-21-14-8-3-9-15-21)24-25-23(26)28-17-16-27-20-12-6-2-7-13-20/h1-15H,16-18H2. The summed E-state index contributed by atoms with van der Waals surface area (Å²) in [4.78, 5) is 1.22. The van der Waals surface area contributed by atoms with Crippen LogP contribution in [0.5, 0.6) is 5.75 Å². The molecule has 29 heavy (non-hydrogen) atoms. The summed E-state index contributed by atoms with van der Waals surface area (Å²) in [6.45, 7) is 0.616. The summed E-state index contributed by atoms with van der Waals surface area (Å²) in [5.41, 5.74) is 1.08. The van der Waals surface area contributed by atoms with E-state index in [9.17, 15) is 0 Å². The Morgan fingerprint density at radius 3 is 2.10 bits per heavy atom. The van der Waals surface area contributed by atoms with Crippen molar-refractivity contribution in [2.45, 2.75) is 15.8 Å². The van der Waals surface area contributed by atoms with E-state index in [2.05, 4.69) is 51.2 Å². The van der Waals surface area contributed by atoms with Gasteiger partial charge in [-0.1, -0.05) is 66.4 Å². The topological polar surface area (TPSA) is 39.9 Å². The quantitative estimate of drug-likeness (QED) is 0.256. The average molecular weight is 420 g/mol. The third-order valence-electron chi connectivity index (χ3n) is 4.15. The molecule has 4 aromatic rings. The summed E-state index contributed by atoms with van der Waals surface area (Å²) in [7, 11) is 0. The van der Waals surface area contributed by atoms with Crippen molar-refractivity contribution in [3.8, 4) is 11.4 Å². The summed E-state index contributed by atoms with van der Waals surface area (Å²) in [5.74, 6) is 3.38. The van der Waals surface area contributed by atoms with E-state index < -0.39 is 0 Å². The van der Waals surface area contributed by atoms with Gasteiger partial charge in [0.1, 0.15) is 11.6 Å². The minimum absolute atomic E-state index is 0.616. The van der Waals surface area contributed by atoms with Crippen LogP contribution < -0.4 is 4.74 Å². The molecule has 3 aromatic carbocycles. The SMILES string of the molecule is c1ccc(OCCSc2nnc(CSc3ccccc3)n2-c2ccccc2)cc1. The predicted molar refractivity (Wildman–Crippen MR) is 120 cm³/mol. The van der Waals surface area contributed by atoms with Gasteiger partial charge < -0.3 is 4.74 Å². The second-order valence-electron chi connectivity index (χ2n) is 6.18. The molecule has 0 atom stereocenters. The summed E-state index contributed by atoms with van der Waals surface area (Å²) in [6.07, 6.45) is 0. The molecule has 0 radical (unpaired) electrons. The molecule has 0 unspecified atom stereocenters. The van der Waals surface area contributed by atoms with Crippen molar-refractivity contribution >= 4 is 23.5 Å². The Kier molecular flexibility index (Phi) is 6.89. The minimum atomic E-state index is 0.616. The highest BCUT2D eigenvalue weighted by molar-refractivity contribution is 7.99. The second kappa shape index (κ2) is 10.2. The van der Waals surface area contributed by atoms with Crippen LogP contribution in [0.1, 0.15) is 5.82 Å². The van der Waals surface area contributed by atoms with E-state index in [1.54, 1.807) is 23.5 Å². The van der Waals surface area contributed by atoms with Gasteiger partial charge in [-0.05, 0) is 36.4 Å². The first-order chi connectivity index (χ1) is 14.4. The van der Waals surface area contributed by atoms with Crippen LogP contribution in [0.3, 0.4) is 0 Å². The van der Waals surface area contributed by atoms with Crippen LogP contribution in [-0.2, 0) is 5.75 Å². The van der Waals surface area contributed by atoms with Gasteiger partial charge in [-0.25, -0.2) is 0 Å². The van der Waals surface area contributed by atoms with Gasteiger partial charge in [0.05, 0.1) is 12.4 Å². The number of hydrogen-bond donors (Lipinski definition) is 0. The van der Waals surface area contributed by atoms with Gasteiger partial charge in [0.2, 0.25) is 0 Å². The maximum atomic E-state index is 5.80. The van der Waals surface area contributed by atoms with Gasteiger partial charge >= 0.3 is 0 Å². The van der Waals surface area contributed by atoms with Gasteiger partial charge in [-0.3, -0.25) is 4.57 Å². The average Bonchev–Trinajstić information content (AvgIpc) is 3.20. The zero-order chi connectivity index (χ0) is 19.7. The molecular weight excluding hydrogens is 398 g/mol.